The second kappa shape index (κ2) is 8.23. The maximum atomic E-state index is 12.6. The summed E-state index contributed by atoms with van der Waals surface area (Å²) in [6.07, 6.45) is 3.57. The van der Waals surface area contributed by atoms with Gasteiger partial charge in [-0.1, -0.05) is 61.5 Å². The fraction of sp³-hybridized carbons (Fsp3) is 0.167. The summed E-state index contributed by atoms with van der Waals surface area (Å²) in [6, 6.07) is 23.4. The SMILES string of the molecule is CCc1ccc(-c2ccc(S(=O)(=O)NCCc3c[nH]c4ccccc34)cc2)cc1. The Morgan fingerprint density at radius 3 is 2.21 bits per heavy atom. The average molecular weight is 405 g/mol. The number of sulfonamides is 1. The summed E-state index contributed by atoms with van der Waals surface area (Å²) >= 11 is 0. The molecule has 0 radical (unpaired) electrons. The molecule has 0 bridgehead atoms. The zero-order chi connectivity index (χ0) is 20.3. The number of aromatic amines is 1. The van der Waals surface area contributed by atoms with Crippen LogP contribution < -0.4 is 4.72 Å². The van der Waals surface area contributed by atoms with Gasteiger partial charge in [-0.3, -0.25) is 0 Å². The number of para-hydroxylation sites is 1. The van der Waals surface area contributed by atoms with Crippen molar-refractivity contribution in [2.75, 3.05) is 6.54 Å². The van der Waals surface area contributed by atoms with E-state index in [-0.39, 0.29) is 4.90 Å². The standard InChI is InChI=1S/C24H24N2O2S/c1-2-18-7-9-19(10-8-18)20-11-13-22(14-12-20)29(27,28)26-16-15-21-17-25-24-6-4-3-5-23(21)24/h3-14,17,25-26H,2,15-16H2,1H3. The number of hydrogen-bond acceptors (Lipinski definition) is 2. The van der Waals surface area contributed by atoms with Gasteiger partial charge in [0.1, 0.15) is 0 Å². The highest BCUT2D eigenvalue weighted by Crippen LogP contribution is 2.22. The summed E-state index contributed by atoms with van der Waals surface area (Å²) in [7, 11) is -3.54. The predicted molar refractivity (Wildman–Crippen MR) is 118 cm³/mol. The molecule has 0 aliphatic rings. The monoisotopic (exact) mass is 404 g/mol. The quantitative estimate of drug-likeness (QED) is 0.459. The fourth-order valence-electron chi connectivity index (χ4n) is 3.50. The highest BCUT2D eigenvalue weighted by atomic mass is 32.2. The van der Waals surface area contributed by atoms with Gasteiger partial charge in [0.25, 0.3) is 0 Å². The van der Waals surface area contributed by atoms with Crippen molar-refractivity contribution >= 4 is 20.9 Å². The summed E-state index contributed by atoms with van der Waals surface area (Å²) in [5, 5.41) is 1.13. The van der Waals surface area contributed by atoms with E-state index in [0.29, 0.717) is 13.0 Å². The summed E-state index contributed by atoms with van der Waals surface area (Å²) in [4.78, 5) is 3.50. The van der Waals surface area contributed by atoms with Crippen LogP contribution in [0.1, 0.15) is 18.1 Å². The van der Waals surface area contributed by atoms with Gasteiger partial charge in [0, 0.05) is 23.6 Å². The molecule has 3 aromatic carbocycles. The maximum Gasteiger partial charge on any atom is 0.240 e. The lowest BCUT2D eigenvalue weighted by Gasteiger charge is -2.08. The minimum Gasteiger partial charge on any atom is -0.361 e. The van der Waals surface area contributed by atoms with E-state index in [1.54, 1.807) is 12.1 Å². The molecule has 0 spiro atoms. The van der Waals surface area contributed by atoms with Gasteiger partial charge in [0.05, 0.1) is 4.90 Å². The van der Waals surface area contributed by atoms with E-state index in [0.717, 1.165) is 34.0 Å². The Balaban J connectivity index is 1.42. The minimum absolute atomic E-state index is 0.283. The smallest absolute Gasteiger partial charge is 0.240 e. The molecule has 0 aliphatic heterocycles. The molecule has 0 amide bonds. The second-order valence-electron chi connectivity index (χ2n) is 7.08. The molecule has 4 nitrogen and oxygen atoms in total. The molecule has 29 heavy (non-hydrogen) atoms. The van der Waals surface area contributed by atoms with Crippen molar-refractivity contribution in [2.24, 2.45) is 0 Å². The number of nitrogens with one attached hydrogen (secondary N) is 2. The number of hydrogen-bond donors (Lipinski definition) is 2. The number of benzene rings is 3. The lowest BCUT2D eigenvalue weighted by atomic mass is 10.0. The largest absolute Gasteiger partial charge is 0.361 e. The van der Waals surface area contributed by atoms with Crippen molar-refractivity contribution in [1.82, 2.24) is 9.71 Å². The molecule has 148 valence electrons. The van der Waals surface area contributed by atoms with Gasteiger partial charge in [0.15, 0.2) is 0 Å². The molecule has 0 atom stereocenters. The van der Waals surface area contributed by atoms with E-state index < -0.39 is 10.0 Å². The molecular formula is C24H24N2O2S. The van der Waals surface area contributed by atoms with Gasteiger partial charge in [0.2, 0.25) is 10.0 Å². The molecular weight excluding hydrogens is 380 g/mol. The van der Waals surface area contributed by atoms with Gasteiger partial charge >= 0.3 is 0 Å². The molecule has 4 aromatic rings. The van der Waals surface area contributed by atoms with Crippen molar-refractivity contribution in [2.45, 2.75) is 24.7 Å². The van der Waals surface area contributed by atoms with Crippen LogP contribution in [0, 0.1) is 0 Å². The highest BCUT2D eigenvalue weighted by Gasteiger charge is 2.14. The predicted octanol–water partition coefficient (Wildman–Crippen LogP) is 4.92. The van der Waals surface area contributed by atoms with Crippen LogP contribution in [0.2, 0.25) is 0 Å². The van der Waals surface area contributed by atoms with Crippen molar-refractivity contribution in [3.8, 4) is 11.1 Å². The summed E-state index contributed by atoms with van der Waals surface area (Å²) in [6.45, 7) is 2.48. The fourth-order valence-corrected chi connectivity index (χ4v) is 4.53. The molecule has 2 N–H and O–H groups in total. The van der Waals surface area contributed by atoms with E-state index in [1.807, 2.05) is 42.6 Å². The Morgan fingerprint density at radius 1 is 0.862 bits per heavy atom. The first kappa shape index (κ1) is 19.4. The highest BCUT2D eigenvalue weighted by molar-refractivity contribution is 7.89. The van der Waals surface area contributed by atoms with Crippen molar-refractivity contribution in [1.29, 1.82) is 0 Å². The van der Waals surface area contributed by atoms with Crippen LogP contribution in [0.25, 0.3) is 22.0 Å². The van der Waals surface area contributed by atoms with Crippen molar-refractivity contribution < 1.29 is 8.42 Å². The molecule has 0 unspecified atom stereocenters. The van der Waals surface area contributed by atoms with Crippen LogP contribution in [0.5, 0.6) is 0 Å². The zero-order valence-electron chi connectivity index (χ0n) is 16.4. The van der Waals surface area contributed by atoms with Crippen LogP contribution in [-0.2, 0) is 22.9 Å². The van der Waals surface area contributed by atoms with Crippen LogP contribution in [0.3, 0.4) is 0 Å². The first-order valence-corrected chi connectivity index (χ1v) is 11.3. The van der Waals surface area contributed by atoms with Crippen molar-refractivity contribution in [3.63, 3.8) is 0 Å². The summed E-state index contributed by atoms with van der Waals surface area (Å²) < 4.78 is 28.0. The first-order valence-electron chi connectivity index (χ1n) is 9.81. The number of H-pyrrole nitrogens is 1. The van der Waals surface area contributed by atoms with Gasteiger partial charge in [-0.15, -0.1) is 0 Å². The number of rotatable bonds is 7. The van der Waals surface area contributed by atoms with E-state index in [4.69, 9.17) is 0 Å². The van der Waals surface area contributed by atoms with Crippen LogP contribution >= 0.6 is 0 Å². The van der Waals surface area contributed by atoms with Gasteiger partial charge in [-0.05, 0) is 53.3 Å². The molecule has 0 saturated carbocycles. The Hall–Kier alpha value is -2.89. The van der Waals surface area contributed by atoms with Crippen molar-refractivity contribution in [3.05, 3.63) is 90.1 Å². The molecule has 1 heterocycles. The van der Waals surface area contributed by atoms with Crippen LogP contribution in [0.4, 0.5) is 0 Å². The van der Waals surface area contributed by atoms with E-state index in [2.05, 4.69) is 40.9 Å². The van der Waals surface area contributed by atoms with E-state index >= 15 is 0 Å². The Labute approximate surface area is 171 Å². The molecule has 0 fully saturated rings. The van der Waals surface area contributed by atoms with Gasteiger partial charge in [-0.2, -0.15) is 0 Å². The molecule has 0 saturated heterocycles. The summed E-state index contributed by atoms with van der Waals surface area (Å²) in [5.41, 5.74) is 5.54. The molecule has 1 aromatic heterocycles. The van der Waals surface area contributed by atoms with Crippen LogP contribution in [0.15, 0.2) is 83.9 Å². The lowest BCUT2D eigenvalue weighted by Crippen LogP contribution is -2.25. The van der Waals surface area contributed by atoms with E-state index in [1.165, 1.54) is 5.56 Å². The molecule has 5 heteroatoms. The zero-order valence-corrected chi connectivity index (χ0v) is 17.2. The Morgan fingerprint density at radius 2 is 1.52 bits per heavy atom. The Kier molecular flexibility index (Phi) is 5.51. The summed E-state index contributed by atoms with van der Waals surface area (Å²) in [5.74, 6) is 0. The Bertz CT molecular complexity index is 1210. The topological polar surface area (TPSA) is 62.0 Å². The van der Waals surface area contributed by atoms with Crippen LogP contribution in [-0.4, -0.2) is 19.9 Å². The third-order valence-corrected chi connectivity index (χ3v) is 6.70. The molecule has 0 aliphatic carbocycles. The number of aryl methyl sites for hydroxylation is 1. The van der Waals surface area contributed by atoms with Gasteiger partial charge in [-0.25, -0.2) is 13.1 Å². The third-order valence-electron chi connectivity index (χ3n) is 5.22. The van der Waals surface area contributed by atoms with Gasteiger partial charge < -0.3 is 4.98 Å². The maximum absolute atomic E-state index is 12.6. The first-order chi connectivity index (χ1) is 14.1. The number of fused-ring (bicyclic) bond motifs is 1. The average Bonchev–Trinajstić information content (AvgIpc) is 3.17. The van der Waals surface area contributed by atoms with E-state index in [9.17, 15) is 8.42 Å². The third kappa shape index (κ3) is 4.26. The minimum atomic E-state index is -3.54. The number of aromatic nitrogens is 1. The lowest BCUT2D eigenvalue weighted by molar-refractivity contribution is 0.582. The molecule has 4 rings (SSSR count). The normalized spacial score (nSPS) is 11.8. The second-order valence-corrected chi connectivity index (χ2v) is 8.85.